The van der Waals surface area contributed by atoms with E-state index in [1.165, 1.54) is 10.6 Å². The van der Waals surface area contributed by atoms with Gasteiger partial charge in [-0.3, -0.25) is 0 Å². The van der Waals surface area contributed by atoms with Crippen molar-refractivity contribution in [3.8, 4) is 5.69 Å². The Hall–Kier alpha value is -1.30. The van der Waals surface area contributed by atoms with Gasteiger partial charge in [-0.05, 0) is 40.2 Å². The van der Waals surface area contributed by atoms with E-state index in [0.717, 1.165) is 30.2 Å². The monoisotopic (exact) mass is 304 g/mol. The molecule has 0 saturated heterocycles. The number of rotatable bonds is 7. The number of hydrogen-bond donors (Lipinski definition) is 1. The first-order valence-corrected chi connectivity index (χ1v) is 8.18. The van der Waals surface area contributed by atoms with E-state index >= 15 is 0 Å². The van der Waals surface area contributed by atoms with E-state index in [4.69, 9.17) is 5.10 Å². The molecule has 21 heavy (non-hydrogen) atoms. The van der Waals surface area contributed by atoms with Crippen LogP contribution in [0.25, 0.3) is 5.69 Å². The number of benzene rings is 1. The maximum atomic E-state index is 4.74. The van der Waals surface area contributed by atoms with Gasteiger partial charge in [0.25, 0.3) is 0 Å². The standard InChI is InChI=1S/C16H24N4S/c1-13-15(12-17-2)16(21-11-10-19(3)4)20(18-13)14-8-6-5-7-9-14/h5-9,17H,10-12H2,1-4H3. The molecule has 4 nitrogen and oxygen atoms in total. The van der Waals surface area contributed by atoms with Crippen LogP contribution >= 0.6 is 11.8 Å². The summed E-state index contributed by atoms with van der Waals surface area (Å²) in [6.45, 7) is 3.99. The topological polar surface area (TPSA) is 33.1 Å². The van der Waals surface area contributed by atoms with Crippen LogP contribution in [0, 0.1) is 6.92 Å². The average Bonchev–Trinajstić information content (AvgIpc) is 2.77. The smallest absolute Gasteiger partial charge is 0.105 e. The Morgan fingerprint density at radius 1 is 1.24 bits per heavy atom. The van der Waals surface area contributed by atoms with E-state index in [2.05, 4.69) is 60.2 Å². The molecule has 0 amide bonds. The first-order chi connectivity index (χ1) is 10.1. The second-order valence-electron chi connectivity index (χ2n) is 5.30. The highest BCUT2D eigenvalue weighted by atomic mass is 32.2. The van der Waals surface area contributed by atoms with Crippen molar-refractivity contribution in [1.29, 1.82) is 0 Å². The molecule has 0 aliphatic rings. The van der Waals surface area contributed by atoms with Crippen LogP contribution in [-0.4, -0.2) is 48.1 Å². The molecule has 0 saturated carbocycles. The van der Waals surface area contributed by atoms with Crippen LogP contribution in [0.15, 0.2) is 35.4 Å². The zero-order chi connectivity index (χ0) is 15.2. The third-order valence-corrected chi connectivity index (χ3v) is 4.35. The van der Waals surface area contributed by atoms with E-state index in [0.29, 0.717) is 0 Å². The maximum absolute atomic E-state index is 4.74. The predicted octanol–water partition coefficient (Wildman–Crippen LogP) is 2.55. The fraction of sp³-hybridized carbons (Fsp3) is 0.438. The molecule has 0 spiro atoms. The Morgan fingerprint density at radius 2 is 1.95 bits per heavy atom. The number of thioether (sulfide) groups is 1. The molecule has 114 valence electrons. The summed E-state index contributed by atoms with van der Waals surface area (Å²) >= 11 is 1.88. The van der Waals surface area contributed by atoms with Crippen LogP contribution in [0.5, 0.6) is 0 Å². The Bertz CT molecular complexity index is 563. The Kier molecular flexibility index (Phi) is 5.85. The van der Waals surface area contributed by atoms with E-state index in [1.807, 2.05) is 24.9 Å². The number of nitrogens with one attached hydrogen (secondary N) is 1. The summed E-state index contributed by atoms with van der Waals surface area (Å²) in [7, 11) is 6.19. The molecule has 0 fully saturated rings. The maximum Gasteiger partial charge on any atom is 0.105 e. The number of para-hydroxylation sites is 1. The van der Waals surface area contributed by atoms with Crippen LogP contribution < -0.4 is 5.32 Å². The van der Waals surface area contributed by atoms with Crippen molar-refractivity contribution in [2.24, 2.45) is 0 Å². The lowest BCUT2D eigenvalue weighted by Crippen LogP contribution is -2.15. The largest absolute Gasteiger partial charge is 0.316 e. The molecule has 5 heteroatoms. The molecule has 2 rings (SSSR count). The zero-order valence-corrected chi connectivity index (χ0v) is 14.1. The van der Waals surface area contributed by atoms with Crippen molar-refractivity contribution < 1.29 is 0 Å². The summed E-state index contributed by atoms with van der Waals surface area (Å²) in [5.74, 6) is 1.06. The molecular weight excluding hydrogens is 280 g/mol. The predicted molar refractivity (Wildman–Crippen MR) is 90.3 cm³/mol. The third kappa shape index (κ3) is 4.09. The van der Waals surface area contributed by atoms with Gasteiger partial charge in [-0.25, -0.2) is 4.68 Å². The lowest BCUT2D eigenvalue weighted by molar-refractivity contribution is 0.437. The number of aromatic nitrogens is 2. The molecule has 0 atom stereocenters. The van der Waals surface area contributed by atoms with Gasteiger partial charge in [0.15, 0.2) is 0 Å². The highest BCUT2D eigenvalue weighted by Gasteiger charge is 2.16. The van der Waals surface area contributed by atoms with Gasteiger partial charge in [0.05, 0.1) is 11.4 Å². The van der Waals surface area contributed by atoms with Crippen LogP contribution in [0.4, 0.5) is 0 Å². The highest BCUT2D eigenvalue weighted by molar-refractivity contribution is 7.99. The van der Waals surface area contributed by atoms with Crippen LogP contribution in [0.1, 0.15) is 11.3 Å². The van der Waals surface area contributed by atoms with Gasteiger partial charge in [0.1, 0.15) is 5.03 Å². The fourth-order valence-corrected chi connectivity index (χ4v) is 3.45. The van der Waals surface area contributed by atoms with Crippen molar-refractivity contribution >= 4 is 11.8 Å². The first kappa shape index (κ1) is 16.1. The lowest BCUT2D eigenvalue weighted by Gasteiger charge is -2.12. The third-order valence-electron chi connectivity index (χ3n) is 3.27. The van der Waals surface area contributed by atoms with Gasteiger partial charge in [-0.1, -0.05) is 18.2 Å². The molecule has 1 N–H and O–H groups in total. The summed E-state index contributed by atoms with van der Waals surface area (Å²) in [4.78, 5) is 2.21. The number of aryl methyl sites for hydroxylation is 1. The van der Waals surface area contributed by atoms with E-state index in [-0.39, 0.29) is 0 Å². The molecule has 1 heterocycles. The van der Waals surface area contributed by atoms with Gasteiger partial charge < -0.3 is 10.2 Å². The SMILES string of the molecule is CNCc1c(C)nn(-c2ccccc2)c1SCCN(C)C. The normalized spacial score (nSPS) is 11.3. The summed E-state index contributed by atoms with van der Waals surface area (Å²) in [6.07, 6.45) is 0. The lowest BCUT2D eigenvalue weighted by atomic mass is 10.2. The molecule has 0 aliphatic carbocycles. The van der Waals surface area contributed by atoms with Gasteiger partial charge in [-0.15, -0.1) is 11.8 Å². The summed E-state index contributed by atoms with van der Waals surface area (Å²) in [6, 6.07) is 10.3. The van der Waals surface area contributed by atoms with Gasteiger partial charge in [-0.2, -0.15) is 5.10 Å². The summed E-state index contributed by atoms with van der Waals surface area (Å²) in [5.41, 5.74) is 3.51. The van der Waals surface area contributed by atoms with Crippen molar-refractivity contribution in [3.05, 3.63) is 41.6 Å². The zero-order valence-electron chi connectivity index (χ0n) is 13.3. The Balaban J connectivity index is 2.33. The second kappa shape index (κ2) is 7.64. The minimum absolute atomic E-state index is 0.850. The number of nitrogens with zero attached hydrogens (tertiary/aromatic N) is 3. The van der Waals surface area contributed by atoms with Crippen LogP contribution in [-0.2, 0) is 6.54 Å². The average molecular weight is 304 g/mol. The van der Waals surface area contributed by atoms with Gasteiger partial charge >= 0.3 is 0 Å². The Labute approximate surface area is 131 Å². The van der Waals surface area contributed by atoms with Crippen LogP contribution in [0.2, 0.25) is 0 Å². The van der Waals surface area contributed by atoms with Crippen molar-refractivity contribution in [1.82, 2.24) is 20.0 Å². The highest BCUT2D eigenvalue weighted by Crippen LogP contribution is 2.28. The fourth-order valence-electron chi connectivity index (χ4n) is 2.14. The molecule has 0 radical (unpaired) electrons. The summed E-state index contributed by atoms with van der Waals surface area (Å²) in [5, 5.41) is 9.24. The molecule has 0 bridgehead atoms. The minimum atomic E-state index is 0.850. The van der Waals surface area contributed by atoms with E-state index < -0.39 is 0 Å². The van der Waals surface area contributed by atoms with Crippen molar-refractivity contribution in [2.45, 2.75) is 18.5 Å². The molecule has 0 aliphatic heterocycles. The minimum Gasteiger partial charge on any atom is -0.316 e. The van der Waals surface area contributed by atoms with E-state index in [1.54, 1.807) is 0 Å². The number of hydrogen-bond acceptors (Lipinski definition) is 4. The first-order valence-electron chi connectivity index (χ1n) is 7.19. The molecular formula is C16H24N4S. The molecule has 1 aromatic carbocycles. The quantitative estimate of drug-likeness (QED) is 0.797. The van der Waals surface area contributed by atoms with Crippen LogP contribution in [0.3, 0.4) is 0 Å². The molecule has 1 aromatic heterocycles. The van der Waals surface area contributed by atoms with E-state index in [9.17, 15) is 0 Å². The van der Waals surface area contributed by atoms with Gasteiger partial charge in [0, 0.05) is 24.4 Å². The second-order valence-corrected chi connectivity index (χ2v) is 6.38. The van der Waals surface area contributed by atoms with Crippen molar-refractivity contribution in [2.75, 3.05) is 33.4 Å². The van der Waals surface area contributed by atoms with Gasteiger partial charge in [0.2, 0.25) is 0 Å². The summed E-state index contributed by atoms with van der Waals surface area (Å²) < 4.78 is 2.07. The molecule has 2 aromatic rings. The molecule has 0 unspecified atom stereocenters. The van der Waals surface area contributed by atoms with Crippen molar-refractivity contribution in [3.63, 3.8) is 0 Å². The Morgan fingerprint density at radius 3 is 2.57 bits per heavy atom.